The normalized spacial score (nSPS) is 10.9. The molecule has 0 bridgehead atoms. The van der Waals surface area contributed by atoms with Crippen LogP contribution < -0.4 is 16.2 Å². The fourth-order valence-corrected chi connectivity index (χ4v) is 2.68. The van der Waals surface area contributed by atoms with E-state index in [0.29, 0.717) is 22.7 Å². The van der Waals surface area contributed by atoms with E-state index in [9.17, 15) is 0 Å². The Morgan fingerprint density at radius 1 is 0.960 bits per heavy atom. The summed E-state index contributed by atoms with van der Waals surface area (Å²) >= 11 is 0. The number of methoxy groups -OCH3 is 1. The number of hydrogen-bond donors (Lipinski definition) is 3. The Morgan fingerprint density at radius 3 is 2.52 bits per heavy atom. The van der Waals surface area contributed by atoms with Crippen molar-refractivity contribution in [1.82, 2.24) is 24.9 Å². The second-order valence-electron chi connectivity index (χ2n) is 5.40. The molecule has 1 aromatic carbocycles. The molecule has 0 saturated heterocycles. The first-order valence-corrected chi connectivity index (χ1v) is 7.53. The van der Waals surface area contributed by atoms with Crippen molar-refractivity contribution in [2.24, 2.45) is 0 Å². The number of hydrogen-bond acceptors (Lipinski definition) is 7. The number of nitrogen functional groups attached to an aromatic ring is 2. The van der Waals surface area contributed by atoms with E-state index in [1.165, 1.54) is 0 Å². The van der Waals surface area contributed by atoms with Gasteiger partial charge in [0.25, 0.3) is 0 Å². The molecular formula is C17H15N7O. The lowest BCUT2D eigenvalue weighted by Crippen LogP contribution is -1.99. The number of imidazole rings is 1. The SMILES string of the molecule is COc1cc(-c2ccncc2)ccc1-c1nc2c(N)nc(N)nc2[nH]1. The first kappa shape index (κ1) is 14.9. The number of aromatic amines is 1. The fourth-order valence-electron chi connectivity index (χ4n) is 2.68. The van der Waals surface area contributed by atoms with Crippen molar-refractivity contribution in [3.05, 3.63) is 42.7 Å². The van der Waals surface area contributed by atoms with Crippen LogP contribution in [-0.4, -0.2) is 32.0 Å². The van der Waals surface area contributed by atoms with E-state index in [-0.39, 0.29) is 11.8 Å². The zero-order valence-electron chi connectivity index (χ0n) is 13.4. The van der Waals surface area contributed by atoms with Crippen LogP contribution in [-0.2, 0) is 0 Å². The van der Waals surface area contributed by atoms with Gasteiger partial charge in [-0.3, -0.25) is 4.98 Å². The van der Waals surface area contributed by atoms with Crippen molar-refractivity contribution < 1.29 is 4.74 Å². The van der Waals surface area contributed by atoms with Crippen molar-refractivity contribution in [1.29, 1.82) is 0 Å². The van der Waals surface area contributed by atoms with Gasteiger partial charge in [-0.05, 0) is 35.4 Å². The molecule has 0 spiro atoms. The molecular weight excluding hydrogens is 318 g/mol. The molecule has 0 aliphatic rings. The monoisotopic (exact) mass is 333 g/mol. The molecule has 0 saturated carbocycles. The third-order valence-electron chi connectivity index (χ3n) is 3.86. The van der Waals surface area contributed by atoms with Crippen LogP contribution in [0, 0.1) is 0 Å². The van der Waals surface area contributed by atoms with Crippen LogP contribution in [0.3, 0.4) is 0 Å². The van der Waals surface area contributed by atoms with Gasteiger partial charge in [0, 0.05) is 12.4 Å². The topological polar surface area (TPSA) is 129 Å². The van der Waals surface area contributed by atoms with E-state index in [4.69, 9.17) is 16.2 Å². The highest BCUT2D eigenvalue weighted by Crippen LogP contribution is 2.33. The van der Waals surface area contributed by atoms with Gasteiger partial charge in [-0.1, -0.05) is 6.07 Å². The van der Waals surface area contributed by atoms with Crippen LogP contribution in [0.5, 0.6) is 5.75 Å². The van der Waals surface area contributed by atoms with Crippen molar-refractivity contribution in [2.75, 3.05) is 18.6 Å². The summed E-state index contributed by atoms with van der Waals surface area (Å²) in [6, 6.07) is 9.74. The summed E-state index contributed by atoms with van der Waals surface area (Å²) in [5.74, 6) is 1.59. The third kappa shape index (κ3) is 2.59. The summed E-state index contributed by atoms with van der Waals surface area (Å²) in [5, 5.41) is 0. The minimum absolute atomic E-state index is 0.0974. The lowest BCUT2D eigenvalue weighted by atomic mass is 10.0. The molecule has 0 amide bonds. The third-order valence-corrected chi connectivity index (χ3v) is 3.86. The predicted molar refractivity (Wildman–Crippen MR) is 95.7 cm³/mol. The number of nitrogens with two attached hydrogens (primary N) is 2. The lowest BCUT2D eigenvalue weighted by molar-refractivity contribution is 0.416. The van der Waals surface area contributed by atoms with Gasteiger partial charge in [-0.2, -0.15) is 9.97 Å². The second-order valence-corrected chi connectivity index (χ2v) is 5.40. The molecule has 4 aromatic rings. The molecule has 0 unspecified atom stereocenters. The smallest absolute Gasteiger partial charge is 0.224 e. The summed E-state index contributed by atoms with van der Waals surface area (Å²) < 4.78 is 5.54. The highest BCUT2D eigenvalue weighted by molar-refractivity contribution is 5.86. The van der Waals surface area contributed by atoms with Crippen LogP contribution in [0.2, 0.25) is 0 Å². The van der Waals surface area contributed by atoms with Crippen molar-refractivity contribution in [3.8, 4) is 28.3 Å². The highest BCUT2D eigenvalue weighted by atomic mass is 16.5. The summed E-state index contributed by atoms with van der Waals surface area (Å²) in [7, 11) is 1.62. The highest BCUT2D eigenvalue weighted by Gasteiger charge is 2.15. The minimum Gasteiger partial charge on any atom is -0.496 e. The van der Waals surface area contributed by atoms with E-state index >= 15 is 0 Å². The Morgan fingerprint density at radius 2 is 1.76 bits per heavy atom. The van der Waals surface area contributed by atoms with Gasteiger partial charge in [-0.15, -0.1) is 0 Å². The number of benzene rings is 1. The van der Waals surface area contributed by atoms with E-state index in [1.807, 2.05) is 30.3 Å². The van der Waals surface area contributed by atoms with E-state index in [1.54, 1.807) is 19.5 Å². The number of aromatic nitrogens is 5. The number of nitrogens with zero attached hydrogens (tertiary/aromatic N) is 4. The summed E-state index contributed by atoms with van der Waals surface area (Å²) in [6.07, 6.45) is 3.50. The van der Waals surface area contributed by atoms with Gasteiger partial charge in [0.05, 0.1) is 12.7 Å². The molecule has 3 heterocycles. The van der Waals surface area contributed by atoms with Gasteiger partial charge >= 0.3 is 0 Å². The fraction of sp³-hybridized carbons (Fsp3) is 0.0588. The van der Waals surface area contributed by atoms with Gasteiger partial charge < -0.3 is 21.2 Å². The maximum absolute atomic E-state index is 5.87. The number of rotatable bonds is 3. The zero-order valence-corrected chi connectivity index (χ0v) is 13.4. The number of fused-ring (bicyclic) bond motifs is 1. The second kappa shape index (κ2) is 5.75. The van der Waals surface area contributed by atoms with E-state index in [0.717, 1.165) is 16.7 Å². The minimum atomic E-state index is 0.0974. The van der Waals surface area contributed by atoms with Crippen LogP contribution in [0.25, 0.3) is 33.7 Å². The molecule has 0 aliphatic heterocycles. The average molecular weight is 333 g/mol. The van der Waals surface area contributed by atoms with Crippen LogP contribution in [0.15, 0.2) is 42.7 Å². The standard InChI is InChI=1S/C17H15N7O/c1-25-12-8-10(9-4-6-20-7-5-9)2-3-11(12)15-21-13-14(18)22-17(19)24-16(13)23-15/h2-8H,1H3,(H5,18,19,21,22,23,24). The zero-order chi connectivity index (χ0) is 17.4. The number of anilines is 2. The largest absolute Gasteiger partial charge is 0.496 e. The molecule has 3 aromatic heterocycles. The summed E-state index contributed by atoms with van der Waals surface area (Å²) in [4.78, 5) is 19.7. The molecule has 4 rings (SSSR count). The first-order valence-electron chi connectivity index (χ1n) is 7.53. The van der Waals surface area contributed by atoms with Gasteiger partial charge in [-0.25, -0.2) is 4.98 Å². The quantitative estimate of drug-likeness (QED) is 0.524. The Labute approximate surface area is 142 Å². The molecule has 0 aliphatic carbocycles. The van der Waals surface area contributed by atoms with E-state index < -0.39 is 0 Å². The molecule has 124 valence electrons. The predicted octanol–water partition coefficient (Wildman–Crippen LogP) is 2.25. The van der Waals surface area contributed by atoms with E-state index in [2.05, 4.69) is 24.9 Å². The van der Waals surface area contributed by atoms with Crippen LogP contribution in [0.4, 0.5) is 11.8 Å². The molecule has 8 nitrogen and oxygen atoms in total. The number of ether oxygens (including phenoxy) is 1. The number of H-pyrrole nitrogens is 1. The van der Waals surface area contributed by atoms with Crippen LogP contribution in [0.1, 0.15) is 0 Å². The van der Waals surface area contributed by atoms with Gasteiger partial charge in [0.2, 0.25) is 5.95 Å². The molecule has 5 N–H and O–H groups in total. The Balaban J connectivity index is 1.84. The lowest BCUT2D eigenvalue weighted by Gasteiger charge is -2.09. The van der Waals surface area contributed by atoms with Crippen molar-refractivity contribution >= 4 is 22.9 Å². The van der Waals surface area contributed by atoms with Gasteiger partial charge in [0.1, 0.15) is 11.6 Å². The van der Waals surface area contributed by atoms with Crippen molar-refractivity contribution in [3.63, 3.8) is 0 Å². The van der Waals surface area contributed by atoms with Gasteiger partial charge in [0.15, 0.2) is 17.0 Å². The first-order chi connectivity index (χ1) is 12.2. The number of pyridine rings is 1. The van der Waals surface area contributed by atoms with Crippen molar-refractivity contribution in [2.45, 2.75) is 0 Å². The molecule has 0 fully saturated rings. The Kier molecular flexibility index (Phi) is 3.42. The summed E-state index contributed by atoms with van der Waals surface area (Å²) in [6.45, 7) is 0. The molecule has 25 heavy (non-hydrogen) atoms. The Hall–Kier alpha value is -3.68. The van der Waals surface area contributed by atoms with Crippen LogP contribution >= 0.6 is 0 Å². The maximum Gasteiger partial charge on any atom is 0.224 e. The Bertz CT molecular complexity index is 1060. The number of nitrogens with one attached hydrogen (secondary N) is 1. The average Bonchev–Trinajstić information content (AvgIpc) is 3.06. The molecule has 0 radical (unpaired) electrons. The molecule has 8 heteroatoms. The summed E-state index contributed by atoms with van der Waals surface area (Å²) in [5.41, 5.74) is 15.3. The molecule has 0 atom stereocenters. The maximum atomic E-state index is 5.87.